The molecule has 0 spiro atoms. The quantitative estimate of drug-likeness (QED) is 0.837. The molecular weight excluding hydrogens is 286 g/mol. The van der Waals surface area contributed by atoms with E-state index in [1.54, 1.807) is 22.1 Å². The molecule has 0 aromatic carbocycles. The lowest BCUT2D eigenvalue weighted by Gasteiger charge is -2.15. The highest BCUT2D eigenvalue weighted by molar-refractivity contribution is 5.76. The van der Waals surface area contributed by atoms with Crippen LogP contribution >= 0.6 is 0 Å². The Labute approximate surface area is 127 Å². The van der Waals surface area contributed by atoms with Gasteiger partial charge in [-0.1, -0.05) is 5.16 Å². The molecule has 1 N–H and O–H groups in total. The number of amides is 1. The van der Waals surface area contributed by atoms with Crippen LogP contribution in [0.1, 0.15) is 17.9 Å². The average Bonchev–Trinajstić information content (AvgIpc) is 3.20. The van der Waals surface area contributed by atoms with Crippen molar-refractivity contribution < 1.29 is 14.4 Å². The van der Waals surface area contributed by atoms with E-state index >= 15 is 0 Å². The van der Waals surface area contributed by atoms with Crippen LogP contribution in [0.3, 0.4) is 0 Å². The van der Waals surface area contributed by atoms with Gasteiger partial charge in [0.05, 0.1) is 11.8 Å². The van der Waals surface area contributed by atoms with E-state index < -0.39 is 6.10 Å². The molecule has 2 atom stereocenters. The molecule has 1 aliphatic heterocycles. The minimum atomic E-state index is -0.524. The SMILES string of the molecule is Cc1cc(C[C@@H]2CN(C(=O)CCn3cnnc3)C[C@H]2O)on1. The molecule has 1 aliphatic rings. The van der Waals surface area contributed by atoms with Crippen molar-refractivity contribution in [1.29, 1.82) is 0 Å². The van der Waals surface area contributed by atoms with E-state index in [1.165, 1.54) is 0 Å². The lowest BCUT2D eigenvalue weighted by Crippen LogP contribution is -2.30. The number of hydrogen-bond donors (Lipinski definition) is 1. The van der Waals surface area contributed by atoms with Gasteiger partial charge in [-0.2, -0.15) is 0 Å². The largest absolute Gasteiger partial charge is 0.391 e. The molecule has 22 heavy (non-hydrogen) atoms. The average molecular weight is 305 g/mol. The lowest BCUT2D eigenvalue weighted by atomic mass is 10.0. The van der Waals surface area contributed by atoms with Crippen molar-refractivity contribution in [2.75, 3.05) is 13.1 Å². The summed E-state index contributed by atoms with van der Waals surface area (Å²) in [6.45, 7) is 3.32. The third kappa shape index (κ3) is 3.33. The van der Waals surface area contributed by atoms with Crippen molar-refractivity contribution in [3.8, 4) is 0 Å². The number of aliphatic hydroxyl groups is 1. The van der Waals surface area contributed by atoms with Gasteiger partial charge in [-0.3, -0.25) is 4.79 Å². The number of hydrogen-bond acceptors (Lipinski definition) is 6. The van der Waals surface area contributed by atoms with Crippen LogP contribution in [0.4, 0.5) is 0 Å². The second-order valence-corrected chi connectivity index (χ2v) is 5.71. The van der Waals surface area contributed by atoms with Gasteiger partial charge in [-0.05, 0) is 6.92 Å². The summed E-state index contributed by atoms with van der Waals surface area (Å²) in [6.07, 6.45) is 3.61. The second-order valence-electron chi connectivity index (χ2n) is 5.71. The van der Waals surface area contributed by atoms with Crippen molar-refractivity contribution >= 4 is 5.91 Å². The maximum atomic E-state index is 12.2. The Hall–Kier alpha value is -2.22. The van der Waals surface area contributed by atoms with Crippen LogP contribution in [0.5, 0.6) is 0 Å². The highest BCUT2D eigenvalue weighted by Gasteiger charge is 2.34. The molecule has 8 heteroatoms. The minimum Gasteiger partial charge on any atom is -0.391 e. The number of likely N-dealkylation sites (tertiary alicyclic amines) is 1. The molecule has 8 nitrogen and oxygen atoms in total. The first-order valence-corrected chi connectivity index (χ1v) is 7.32. The van der Waals surface area contributed by atoms with Crippen molar-refractivity contribution in [3.05, 3.63) is 30.2 Å². The van der Waals surface area contributed by atoms with Crippen molar-refractivity contribution in [3.63, 3.8) is 0 Å². The van der Waals surface area contributed by atoms with Gasteiger partial charge in [0.2, 0.25) is 5.91 Å². The Morgan fingerprint density at radius 1 is 1.41 bits per heavy atom. The fraction of sp³-hybridized carbons (Fsp3) is 0.571. The summed E-state index contributed by atoms with van der Waals surface area (Å²) in [5.74, 6) is 0.774. The number of aliphatic hydroxyl groups excluding tert-OH is 1. The van der Waals surface area contributed by atoms with Crippen LogP contribution < -0.4 is 0 Å². The Bertz CT molecular complexity index is 624. The Kier molecular flexibility index (Phi) is 4.19. The summed E-state index contributed by atoms with van der Waals surface area (Å²) >= 11 is 0. The molecule has 0 saturated carbocycles. The minimum absolute atomic E-state index is 0.00814. The van der Waals surface area contributed by atoms with Gasteiger partial charge >= 0.3 is 0 Å². The molecule has 1 fully saturated rings. The summed E-state index contributed by atoms with van der Waals surface area (Å²) in [6, 6.07) is 1.86. The monoisotopic (exact) mass is 305 g/mol. The smallest absolute Gasteiger partial charge is 0.224 e. The van der Waals surface area contributed by atoms with Gasteiger partial charge in [0.15, 0.2) is 0 Å². The lowest BCUT2D eigenvalue weighted by molar-refractivity contribution is -0.130. The highest BCUT2D eigenvalue weighted by atomic mass is 16.5. The normalized spacial score (nSPS) is 21.5. The Balaban J connectivity index is 1.52. The van der Waals surface area contributed by atoms with Gasteiger partial charge < -0.3 is 19.1 Å². The van der Waals surface area contributed by atoms with Crippen LogP contribution in [-0.2, 0) is 17.8 Å². The van der Waals surface area contributed by atoms with Gasteiger partial charge in [0.1, 0.15) is 18.4 Å². The molecule has 118 valence electrons. The topological polar surface area (TPSA) is 97.3 Å². The highest BCUT2D eigenvalue weighted by Crippen LogP contribution is 2.22. The summed E-state index contributed by atoms with van der Waals surface area (Å²) < 4.78 is 6.95. The molecule has 3 rings (SSSR count). The van der Waals surface area contributed by atoms with Crippen molar-refractivity contribution in [2.45, 2.75) is 32.4 Å². The van der Waals surface area contributed by atoms with E-state index in [0.29, 0.717) is 32.5 Å². The summed E-state index contributed by atoms with van der Waals surface area (Å²) in [5, 5.41) is 21.4. The number of β-amino-alcohol motifs (C(OH)–C–C–N with tert-alkyl or cyclic N) is 1. The molecule has 2 aromatic rings. The number of nitrogens with zero attached hydrogens (tertiary/aromatic N) is 5. The van der Waals surface area contributed by atoms with E-state index in [9.17, 15) is 9.90 Å². The molecular formula is C14H19N5O3. The number of carbonyl (C=O) groups is 1. The summed E-state index contributed by atoms with van der Waals surface area (Å²) in [5.41, 5.74) is 0.823. The predicted octanol–water partition coefficient (Wildman–Crippen LogP) is 0.0266. The molecule has 0 bridgehead atoms. The third-order valence-electron chi connectivity index (χ3n) is 3.95. The van der Waals surface area contributed by atoms with E-state index in [-0.39, 0.29) is 11.8 Å². The third-order valence-corrected chi connectivity index (χ3v) is 3.95. The molecule has 1 amide bonds. The second kappa shape index (κ2) is 6.27. The van der Waals surface area contributed by atoms with Gasteiger partial charge in [-0.25, -0.2) is 0 Å². The first-order valence-electron chi connectivity index (χ1n) is 7.32. The van der Waals surface area contributed by atoms with Crippen molar-refractivity contribution in [1.82, 2.24) is 24.8 Å². The number of carbonyl (C=O) groups excluding carboxylic acids is 1. The zero-order valence-corrected chi connectivity index (χ0v) is 12.4. The van der Waals surface area contributed by atoms with Crippen LogP contribution in [-0.4, -0.2) is 55.0 Å². The fourth-order valence-corrected chi connectivity index (χ4v) is 2.75. The van der Waals surface area contributed by atoms with Gasteiger partial charge in [-0.15, -0.1) is 10.2 Å². The maximum Gasteiger partial charge on any atom is 0.224 e. The molecule has 2 aromatic heterocycles. The number of aryl methyl sites for hydroxylation is 2. The van der Waals surface area contributed by atoms with Crippen LogP contribution in [0.2, 0.25) is 0 Å². The van der Waals surface area contributed by atoms with Gasteiger partial charge in [0, 0.05) is 44.5 Å². The summed E-state index contributed by atoms with van der Waals surface area (Å²) in [7, 11) is 0. The Morgan fingerprint density at radius 2 is 2.18 bits per heavy atom. The van der Waals surface area contributed by atoms with Crippen LogP contribution in [0.15, 0.2) is 23.2 Å². The van der Waals surface area contributed by atoms with Crippen LogP contribution in [0, 0.1) is 12.8 Å². The molecule has 0 unspecified atom stereocenters. The number of rotatable bonds is 5. The first-order chi connectivity index (χ1) is 10.6. The predicted molar refractivity (Wildman–Crippen MR) is 75.7 cm³/mol. The van der Waals surface area contributed by atoms with Crippen LogP contribution in [0.25, 0.3) is 0 Å². The molecule has 3 heterocycles. The zero-order valence-electron chi connectivity index (χ0n) is 12.4. The number of aromatic nitrogens is 4. The van der Waals surface area contributed by atoms with Crippen molar-refractivity contribution in [2.24, 2.45) is 5.92 Å². The molecule has 0 aliphatic carbocycles. The van der Waals surface area contributed by atoms with Gasteiger partial charge in [0.25, 0.3) is 0 Å². The van der Waals surface area contributed by atoms with E-state index in [4.69, 9.17) is 4.52 Å². The van der Waals surface area contributed by atoms with E-state index in [0.717, 1.165) is 11.5 Å². The standard InChI is InChI=1S/C14H19N5O3/c1-10-4-12(22-17-10)5-11-6-19(7-13(11)20)14(21)2-3-18-8-15-16-9-18/h4,8-9,11,13,20H,2-3,5-7H2,1H3/t11-,13-/m1/s1. The Morgan fingerprint density at radius 3 is 2.86 bits per heavy atom. The van der Waals surface area contributed by atoms with E-state index in [2.05, 4.69) is 15.4 Å². The molecule has 0 radical (unpaired) electrons. The zero-order chi connectivity index (χ0) is 15.5. The summed E-state index contributed by atoms with van der Waals surface area (Å²) in [4.78, 5) is 13.9. The first kappa shape index (κ1) is 14.7. The fourth-order valence-electron chi connectivity index (χ4n) is 2.75. The maximum absolute atomic E-state index is 12.2. The molecule has 1 saturated heterocycles. The van der Waals surface area contributed by atoms with E-state index in [1.807, 2.05) is 13.0 Å².